The van der Waals surface area contributed by atoms with Crippen LogP contribution in [0.2, 0.25) is 0 Å². The number of nitrogens with zero attached hydrogens (tertiary/aromatic N) is 1. The Labute approximate surface area is 143 Å². The summed E-state index contributed by atoms with van der Waals surface area (Å²) >= 11 is 0. The molecule has 24 heavy (non-hydrogen) atoms. The van der Waals surface area contributed by atoms with Crippen LogP contribution < -0.4 is 20.7 Å². The van der Waals surface area contributed by atoms with Crippen molar-refractivity contribution < 1.29 is 14.3 Å². The molecule has 2 saturated heterocycles. The minimum Gasteiger partial charge on any atom is -0.495 e. The van der Waals surface area contributed by atoms with Crippen molar-refractivity contribution in [3.8, 4) is 5.75 Å². The molecule has 1 aromatic carbocycles. The second-order valence-electron chi connectivity index (χ2n) is 6.68. The van der Waals surface area contributed by atoms with E-state index in [9.17, 15) is 4.79 Å². The van der Waals surface area contributed by atoms with Gasteiger partial charge in [-0.15, -0.1) is 0 Å². The van der Waals surface area contributed by atoms with Crippen molar-refractivity contribution in [2.75, 3.05) is 38.3 Å². The lowest BCUT2D eigenvalue weighted by Crippen LogP contribution is -2.59. The molecule has 6 heteroatoms. The van der Waals surface area contributed by atoms with Gasteiger partial charge in [0.25, 0.3) is 0 Å². The topological polar surface area (TPSA) is 76.8 Å². The Bertz CT molecular complexity index is 564. The normalized spacial score (nSPS) is 21.3. The third-order valence-electron chi connectivity index (χ3n) is 5.09. The zero-order chi connectivity index (χ0) is 17.0. The molecule has 132 valence electrons. The van der Waals surface area contributed by atoms with E-state index >= 15 is 0 Å². The number of hydrogen-bond acceptors (Lipinski definition) is 5. The maximum Gasteiger partial charge on any atom is 0.240 e. The zero-order valence-corrected chi connectivity index (χ0v) is 14.3. The van der Waals surface area contributed by atoms with Crippen molar-refractivity contribution in [2.45, 2.75) is 37.3 Å². The highest BCUT2D eigenvalue weighted by Crippen LogP contribution is 2.30. The van der Waals surface area contributed by atoms with Crippen molar-refractivity contribution in [1.82, 2.24) is 5.32 Å². The first kappa shape index (κ1) is 17.0. The molecule has 0 radical (unpaired) electrons. The molecule has 2 aliphatic rings. The van der Waals surface area contributed by atoms with Crippen LogP contribution in [-0.4, -0.2) is 50.9 Å². The molecular weight excluding hydrogens is 306 g/mol. The number of nitrogens with one attached hydrogen (secondary N) is 1. The van der Waals surface area contributed by atoms with Crippen molar-refractivity contribution in [2.24, 2.45) is 5.73 Å². The zero-order valence-electron chi connectivity index (χ0n) is 14.3. The number of anilines is 1. The molecule has 2 heterocycles. The van der Waals surface area contributed by atoms with Crippen LogP contribution in [0.15, 0.2) is 24.3 Å². The Hall–Kier alpha value is -1.79. The Morgan fingerprint density at radius 3 is 2.62 bits per heavy atom. The number of amides is 1. The molecule has 0 aliphatic carbocycles. The third kappa shape index (κ3) is 3.65. The van der Waals surface area contributed by atoms with Gasteiger partial charge in [0.15, 0.2) is 0 Å². The third-order valence-corrected chi connectivity index (χ3v) is 5.09. The van der Waals surface area contributed by atoms with Crippen molar-refractivity contribution in [3.05, 3.63) is 24.3 Å². The smallest absolute Gasteiger partial charge is 0.240 e. The first-order chi connectivity index (χ1) is 11.6. The van der Waals surface area contributed by atoms with Crippen LogP contribution in [0.25, 0.3) is 0 Å². The molecule has 2 aliphatic heterocycles. The number of ether oxygens (including phenoxy) is 2. The molecule has 1 aromatic rings. The molecule has 0 spiro atoms. The first-order valence-electron chi connectivity index (χ1n) is 8.68. The molecule has 6 nitrogen and oxygen atoms in total. The lowest BCUT2D eigenvalue weighted by atomic mass is 9.89. The number of rotatable bonds is 4. The number of piperidine rings is 1. The van der Waals surface area contributed by atoms with E-state index in [0.29, 0.717) is 26.1 Å². The van der Waals surface area contributed by atoms with E-state index in [2.05, 4.69) is 16.3 Å². The summed E-state index contributed by atoms with van der Waals surface area (Å²) in [6.45, 7) is 2.92. The fourth-order valence-electron chi connectivity index (χ4n) is 3.45. The van der Waals surface area contributed by atoms with E-state index in [-0.39, 0.29) is 11.9 Å². The van der Waals surface area contributed by atoms with Gasteiger partial charge in [-0.25, -0.2) is 0 Å². The first-order valence-corrected chi connectivity index (χ1v) is 8.68. The van der Waals surface area contributed by atoms with Crippen molar-refractivity contribution >= 4 is 11.6 Å². The summed E-state index contributed by atoms with van der Waals surface area (Å²) in [5, 5.41) is 3.15. The number of carbonyl (C=O) groups excluding carboxylic acids is 1. The predicted octanol–water partition coefficient (Wildman–Crippen LogP) is 1.29. The van der Waals surface area contributed by atoms with E-state index in [0.717, 1.165) is 37.4 Å². The van der Waals surface area contributed by atoms with Gasteiger partial charge in [-0.05, 0) is 37.8 Å². The van der Waals surface area contributed by atoms with E-state index < -0.39 is 5.54 Å². The lowest BCUT2D eigenvalue weighted by molar-refractivity contribution is -0.130. The van der Waals surface area contributed by atoms with Crippen LogP contribution in [0.1, 0.15) is 25.7 Å². The Kier molecular flexibility index (Phi) is 5.26. The average Bonchev–Trinajstić information content (AvgIpc) is 2.63. The molecule has 0 saturated carbocycles. The largest absolute Gasteiger partial charge is 0.495 e. The summed E-state index contributed by atoms with van der Waals surface area (Å²) in [5.41, 5.74) is 6.61. The van der Waals surface area contributed by atoms with E-state index in [4.69, 9.17) is 15.2 Å². The van der Waals surface area contributed by atoms with Crippen LogP contribution >= 0.6 is 0 Å². The summed E-state index contributed by atoms with van der Waals surface area (Å²) in [6.07, 6.45) is 3.02. The molecule has 0 atom stereocenters. The van der Waals surface area contributed by atoms with E-state index in [1.807, 2.05) is 18.2 Å². The van der Waals surface area contributed by atoms with Gasteiger partial charge in [-0.2, -0.15) is 0 Å². The van der Waals surface area contributed by atoms with Gasteiger partial charge in [0, 0.05) is 32.3 Å². The molecule has 0 aromatic heterocycles. The van der Waals surface area contributed by atoms with Gasteiger partial charge in [-0.3, -0.25) is 4.79 Å². The number of benzene rings is 1. The maximum absolute atomic E-state index is 12.5. The molecule has 3 rings (SSSR count). The number of nitrogens with two attached hydrogens (primary N) is 1. The molecule has 3 N–H and O–H groups in total. The number of methoxy groups -OCH3 is 1. The predicted molar refractivity (Wildman–Crippen MR) is 93.3 cm³/mol. The highest BCUT2D eigenvalue weighted by Gasteiger charge is 2.37. The lowest BCUT2D eigenvalue weighted by Gasteiger charge is -2.37. The van der Waals surface area contributed by atoms with Crippen molar-refractivity contribution in [3.63, 3.8) is 0 Å². The second kappa shape index (κ2) is 7.40. The minimum atomic E-state index is -0.766. The quantitative estimate of drug-likeness (QED) is 0.868. The van der Waals surface area contributed by atoms with Crippen LogP contribution in [0.5, 0.6) is 5.75 Å². The molecule has 0 unspecified atom stereocenters. The summed E-state index contributed by atoms with van der Waals surface area (Å²) in [5.74, 6) is 0.865. The Morgan fingerprint density at radius 1 is 1.29 bits per heavy atom. The van der Waals surface area contributed by atoms with Gasteiger partial charge in [-0.1, -0.05) is 12.1 Å². The monoisotopic (exact) mass is 333 g/mol. The Morgan fingerprint density at radius 2 is 1.96 bits per heavy atom. The molecule has 1 amide bonds. The molecule has 2 fully saturated rings. The summed E-state index contributed by atoms with van der Waals surface area (Å²) in [4.78, 5) is 14.8. The van der Waals surface area contributed by atoms with E-state index in [1.54, 1.807) is 7.11 Å². The Balaban J connectivity index is 1.54. The van der Waals surface area contributed by atoms with Gasteiger partial charge in [0.1, 0.15) is 5.75 Å². The van der Waals surface area contributed by atoms with Gasteiger partial charge in [0.2, 0.25) is 5.91 Å². The average molecular weight is 333 g/mol. The highest BCUT2D eigenvalue weighted by atomic mass is 16.5. The molecular formula is C18H27N3O3. The summed E-state index contributed by atoms with van der Waals surface area (Å²) in [7, 11) is 1.69. The number of hydrogen-bond donors (Lipinski definition) is 2. The van der Waals surface area contributed by atoms with E-state index in [1.165, 1.54) is 0 Å². The number of para-hydroxylation sites is 2. The number of carbonyl (C=O) groups is 1. The summed E-state index contributed by atoms with van der Waals surface area (Å²) < 4.78 is 10.8. The van der Waals surface area contributed by atoms with Gasteiger partial charge < -0.3 is 25.4 Å². The van der Waals surface area contributed by atoms with Crippen LogP contribution in [0, 0.1) is 0 Å². The second-order valence-corrected chi connectivity index (χ2v) is 6.68. The fraction of sp³-hybridized carbons (Fsp3) is 0.611. The van der Waals surface area contributed by atoms with Crippen molar-refractivity contribution in [1.29, 1.82) is 0 Å². The molecule has 0 bridgehead atoms. The maximum atomic E-state index is 12.5. The SMILES string of the molecule is COc1ccccc1N1CCC(NC(=O)C2(N)CCOCC2)CC1. The standard InChI is InChI=1S/C18H27N3O3/c1-23-16-5-3-2-4-15(16)21-10-6-14(7-11-21)20-17(22)18(19)8-12-24-13-9-18/h2-5,14H,6-13,19H2,1H3,(H,20,22). The van der Waals surface area contributed by atoms with Gasteiger partial charge >= 0.3 is 0 Å². The van der Waals surface area contributed by atoms with Crippen LogP contribution in [-0.2, 0) is 9.53 Å². The van der Waals surface area contributed by atoms with Crippen LogP contribution in [0.4, 0.5) is 5.69 Å². The summed E-state index contributed by atoms with van der Waals surface area (Å²) in [6, 6.07) is 8.24. The van der Waals surface area contributed by atoms with Crippen LogP contribution in [0.3, 0.4) is 0 Å². The highest BCUT2D eigenvalue weighted by molar-refractivity contribution is 5.86. The fourth-order valence-corrected chi connectivity index (χ4v) is 3.45. The minimum absolute atomic E-state index is 0.0264. The van der Waals surface area contributed by atoms with Gasteiger partial charge in [0.05, 0.1) is 18.3 Å².